The highest BCUT2D eigenvalue weighted by molar-refractivity contribution is 7.22. The Balaban J connectivity index is 1.52. The minimum Gasteiger partial charge on any atom is -0.406 e. The number of benzene rings is 2. The number of nitrogens with one attached hydrogen (secondary N) is 2. The number of rotatable bonds is 7. The number of likely N-dealkylation sites (N-methyl/N-ethyl adjacent to an activating group) is 1. The minimum absolute atomic E-state index is 0.160. The Bertz CT molecular complexity index is 1130. The van der Waals surface area contributed by atoms with Gasteiger partial charge in [-0.2, -0.15) is 0 Å². The maximum Gasteiger partial charge on any atom is 0.573 e. The van der Waals surface area contributed by atoms with Crippen LogP contribution in [0.1, 0.15) is 10.4 Å². The fraction of sp³-hybridized carbons (Fsp3) is 0.200. The van der Waals surface area contributed by atoms with Crippen molar-refractivity contribution in [3.63, 3.8) is 0 Å². The van der Waals surface area contributed by atoms with Crippen molar-refractivity contribution in [1.29, 1.82) is 0 Å². The zero-order chi connectivity index (χ0) is 23.3. The maximum atomic E-state index is 12.3. The van der Waals surface area contributed by atoms with Crippen LogP contribution in [0.15, 0.2) is 48.5 Å². The standard InChI is InChI=1S/C20H17F3N4O4S/c1-27(17(29)10-24-18(30)12-5-3-2-4-6-12)11-16(28)26-19-25-14-8-7-13(9-15(14)32-19)31-20(21,22)23/h2-9H,10-11H2,1H3,(H,24,30)(H,25,26,28). The lowest BCUT2D eigenvalue weighted by Gasteiger charge is -2.16. The third kappa shape index (κ3) is 6.41. The average molecular weight is 466 g/mol. The molecular weight excluding hydrogens is 449 g/mol. The highest BCUT2D eigenvalue weighted by Gasteiger charge is 2.31. The van der Waals surface area contributed by atoms with Gasteiger partial charge in [-0.3, -0.25) is 14.4 Å². The summed E-state index contributed by atoms with van der Waals surface area (Å²) in [5, 5.41) is 5.14. The highest BCUT2D eigenvalue weighted by atomic mass is 32.1. The maximum absolute atomic E-state index is 12.3. The van der Waals surface area contributed by atoms with Crippen LogP contribution in [-0.4, -0.2) is 54.1 Å². The summed E-state index contributed by atoms with van der Waals surface area (Å²) < 4.78 is 41.3. The number of amides is 3. The number of ether oxygens (including phenoxy) is 1. The molecule has 0 aliphatic heterocycles. The number of aromatic nitrogens is 1. The summed E-state index contributed by atoms with van der Waals surface area (Å²) in [6.45, 7) is -0.598. The third-order valence-electron chi connectivity index (χ3n) is 4.08. The molecule has 0 saturated carbocycles. The zero-order valence-electron chi connectivity index (χ0n) is 16.6. The quantitative estimate of drug-likeness (QED) is 0.558. The molecule has 1 aromatic heterocycles. The average Bonchev–Trinajstić information content (AvgIpc) is 3.12. The Kier molecular flexibility index (Phi) is 6.93. The van der Waals surface area contributed by atoms with Gasteiger partial charge in [-0.15, -0.1) is 13.2 Å². The van der Waals surface area contributed by atoms with Gasteiger partial charge in [0, 0.05) is 18.7 Å². The first kappa shape index (κ1) is 23.0. The predicted molar refractivity (Wildman–Crippen MR) is 111 cm³/mol. The molecule has 0 aliphatic rings. The first-order chi connectivity index (χ1) is 15.1. The smallest absolute Gasteiger partial charge is 0.406 e. The highest BCUT2D eigenvalue weighted by Crippen LogP contribution is 2.31. The second-order valence-electron chi connectivity index (χ2n) is 6.54. The molecule has 3 rings (SSSR count). The molecule has 12 heteroatoms. The molecule has 0 bridgehead atoms. The van der Waals surface area contributed by atoms with Crippen LogP contribution in [0.25, 0.3) is 10.2 Å². The van der Waals surface area contributed by atoms with Crippen molar-refractivity contribution in [2.75, 3.05) is 25.5 Å². The van der Waals surface area contributed by atoms with Crippen molar-refractivity contribution in [3.8, 4) is 5.75 Å². The Morgan fingerprint density at radius 3 is 2.53 bits per heavy atom. The summed E-state index contributed by atoms with van der Waals surface area (Å²) in [6.07, 6.45) is -4.81. The molecule has 0 radical (unpaired) electrons. The first-order valence-corrected chi connectivity index (χ1v) is 9.96. The second-order valence-corrected chi connectivity index (χ2v) is 7.57. The van der Waals surface area contributed by atoms with Crippen LogP contribution >= 0.6 is 11.3 Å². The van der Waals surface area contributed by atoms with Gasteiger partial charge in [0.15, 0.2) is 5.13 Å². The van der Waals surface area contributed by atoms with E-state index in [4.69, 9.17) is 0 Å². The number of hydrogen-bond acceptors (Lipinski definition) is 6. The van der Waals surface area contributed by atoms with Crippen molar-refractivity contribution in [2.24, 2.45) is 0 Å². The van der Waals surface area contributed by atoms with Gasteiger partial charge in [0.25, 0.3) is 5.91 Å². The van der Waals surface area contributed by atoms with Crippen molar-refractivity contribution in [2.45, 2.75) is 6.36 Å². The number of thiazole rings is 1. The number of carbonyl (C=O) groups is 3. The number of nitrogens with zero attached hydrogens (tertiary/aromatic N) is 2. The lowest BCUT2D eigenvalue weighted by molar-refractivity contribution is -0.274. The molecule has 0 atom stereocenters. The van der Waals surface area contributed by atoms with Gasteiger partial charge in [0.2, 0.25) is 11.8 Å². The largest absolute Gasteiger partial charge is 0.573 e. The molecule has 0 fully saturated rings. The van der Waals surface area contributed by atoms with Gasteiger partial charge in [-0.25, -0.2) is 4.98 Å². The van der Waals surface area contributed by atoms with Crippen LogP contribution in [0, 0.1) is 0 Å². The molecule has 3 amide bonds. The number of halogens is 3. The van der Waals surface area contributed by atoms with E-state index in [9.17, 15) is 27.6 Å². The molecule has 32 heavy (non-hydrogen) atoms. The normalized spacial score (nSPS) is 11.1. The Hall–Kier alpha value is -3.67. The van der Waals surface area contributed by atoms with Gasteiger partial charge < -0.3 is 20.3 Å². The van der Waals surface area contributed by atoms with E-state index in [0.717, 1.165) is 22.3 Å². The fourth-order valence-electron chi connectivity index (χ4n) is 2.60. The van der Waals surface area contributed by atoms with Crippen molar-refractivity contribution < 1.29 is 32.3 Å². The molecule has 3 aromatic rings. The molecular formula is C20H17F3N4O4S. The van der Waals surface area contributed by atoms with E-state index >= 15 is 0 Å². The van der Waals surface area contributed by atoms with E-state index < -0.39 is 29.8 Å². The number of carbonyl (C=O) groups excluding carboxylic acids is 3. The number of fused-ring (bicyclic) bond motifs is 1. The zero-order valence-corrected chi connectivity index (χ0v) is 17.4. The van der Waals surface area contributed by atoms with E-state index in [2.05, 4.69) is 20.4 Å². The molecule has 0 spiro atoms. The molecule has 2 N–H and O–H groups in total. The van der Waals surface area contributed by atoms with Gasteiger partial charge in [-0.1, -0.05) is 29.5 Å². The molecule has 0 unspecified atom stereocenters. The minimum atomic E-state index is -4.81. The molecule has 0 aliphatic carbocycles. The van der Waals surface area contributed by atoms with E-state index in [0.29, 0.717) is 15.8 Å². The van der Waals surface area contributed by atoms with Gasteiger partial charge in [0.1, 0.15) is 5.75 Å². The summed E-state index contributed by atoms with van der Waals surface area (Å²) in [5.74, 6) is -1.85. The predicted octanol–water partition coefficient (Wildman–Crippen LogP) is 3.02. The van der Waals surface area contributed by atoms with E-state index in [1.165, 1.54) is 19.2 Å². The monoisotopic (exact) mass is 466 g/mol. The molecule has 168 valence electrons. The molecule has 0 saturated heterocycles. The Labute approximate surface area is 184 Å². The summed E-state index contributed by atoms with van der Waals surface area (Å²) >= 11 is 0.962. The summed E-state index contributed by atoms with van der Waals surface area (Å²) in [6, 6.07) is 12.0. The van der Waals surface area contributed by atoms with Crippen LogP contribution in [0.3, 0.4) is 0 Å². The van der Waals surface area contributed by atoms with E-state index in [-0.39, 0.29) is 18.2 Å². The van der Waals surface area contributed by atoms with Crippen LogP contribution in [-0.2, 0) is 9.59 Å². The summed E-state index contributed by atoms with van der Waals surface area (Å²) in [4.78, 5) is 41.6. The van der Waals surface area contributed by atoms with Gasteiger partial charge in [-0.05, 0) is 24.3 Å². The SMILES string of the molecule is CN(CC(=O)Nc1nc2ccc(OC(F)(F)F)cc2s1)C(=O)CNC(=O)c1ccccc1. The van der Waals surface area contributed by atoms with Crippen LogP contribution < -0.4 is 15.4 Å². The van der Waals surface area contributed by atoms with E-state index in [1.54, 1.807) is 30.3 Å². The van der Waals surface area contributed by atoms with Crippen LogP contribution in [0.2, 0.25) is 0 Å². The van der Waals surface area contributed by atoms with Gasteiger partial charge in [0.05, 0.1) is 23.3 Å². The topological polar surface area (TPSA) is 101 Å². The van der Waals surface area contributed by atoms with Crippen molar-refractivity contribution in [3.05, 3.63) is 54.1 Å². The van der Waals surface area contributed by atoms with E-state index in [1.807, 2.05) is 0 Å². The summed E-state index contributed by atoms with van der Waals surface area (Å²) in [7, 11) is 1.40. The Morgan fingerprint density at radius 1 is 1.12 bits per heavy atom. The Morgan fingerprint density at radius 2 is 1.84 bits per heavy atom. The van der Waals surface area contributed by atoms with Crippen LogP contribution in [0.4, 0.5) is 18.3 Å². The van der Waals surface area contributed by atoms with Crippen molar-refractivity contribution in [1.82, 2.24) is 15.2 Å². The first-order valence-electron chi connectivity index (χ1n) is 9.14. The molecule has 2 aromatic carbocycles. The number of hydrogen-bond donors (Lipinski definition) is 2. The second kappa shape index (κ2) is 9.64. The molecule has 8 nitrogen and oxygen atoms in total. The lowest BCUT2D eigenvalue weighted by atomic mass is 10.2. The fourth-order valence-corrected chi connectivity index (χ4v) is 3.51. The lowest BCUT2D eigenvalue weighted by Crippen LogP contribution is -2.41. The van der Waals surface area contributed by atoms with Crippen LogP contribution in [0.5, 0.6) is 5.75 Å². The van der Waals surface area contributed by atoms with Gasteiger partial charge >= 0.3 is 6.36 Å². The number of alkyl halides is 3. The third-order valence-corrected chi connectivity index (χ3v) is 5.02. The number of anilines is 1. The summed E-state index contributed by atoms with van der Waals surface area (Å²) in [5.41, 5.74) is 0.785. The molecule has 1 heterocycles. The van der Waals surface area contributed by atoms with Crippen molar-refractivity contribution >= 4 is 44.4 Å².